The Bertz CT molecular complexity index is 529. The SMILES string of the molecule is Cc1csc(CC(O)c2ccc(Cl)cc2F)n1. The number of rotatable bonds is 3. The Balaban J connectivity index is 2.17. The van der Waals surface area contributed by atoms with Crippen LogP contribution < -0.4 is 0 Å². The Morgan fingerprint density at radius 3 is 2.88 bits per heavy atom. The number of hydrogen-bond donors (Lipinski definition) is 1. The number of aliphatic hydroxyl groups is 1. The summed E-state index contributed by atoms with van der Waals surface area (Å²) in [7, 11) is 0. The first-order valence-electron chi connectivity index (χ1n) is 5.10. The molecule has 0 saturated heterocycles. The lowest BCUT2D eigenvalue weighted by molar-refractivity contribution is 0.173. The smallest absolute Gasteiger partial charge is 0.130 e. The van der Waals surface area contributed by atoms with E-state index >= 15 is 0 Å². The van der Waals surface area contributed by atoms with Crippen LogP contribution in [0.15, 0.2) is 23.6 Å². The van der Waals surface area contributed by atoms with Crippen molar-refractivity contribution in [2.45, 2.75) is 19.4 Å². The number of aliphatic hydroxyl groups excluding tert-OH is 1. The van der Waals surface area contributed by atoms with Crippen molar-refractivity contribution in [1.29, 1.82) is 0 Å². The van der Waals surface area contributed by atoms with Crippen LogP contribution in [0.5, 0.6) is 0 Å². The molecular formula is C12H11ClFNOS. The maximum Gasteiger partial charge on any atom is 0.130 e. The molecule has 1 atom stereocenters. The van der Waals surface area contributed by atoms with Crippen molar-refractivity contribution in [3.05, 3.63) is 50.7 Å². The minimum atomic E-state index is -0.891. The second-order valence-electron chi connectivity index (χ2n) is 3.77. The van der Waals surface area contributed by atoms with Gasteiger partial charge in [0.25, 0.3) is 0 Å². The lowest BCUT2D eigenvalue weighted by Crippen LogP contribution is -2.04. The number of thiazole rings is 1. The Morgan fingerprint density at radius 1 is 1.53 bits per heavy atom. The second-order valence-corrected chi connectivity index (χ2v) is 5.15. The Kier molecular flexibility index (Phi) is 3.76. The summed E-state index contributed by atoms with van der Waals surface area (Å²) in [6.07, 6.45) is -0.574. The lowest BCUT2D eigenvalue weighted by Gasteiger charge is -2.10. The fourth-order valence-electron chi connectivity index (χ4n) is 1.54. The molecule has 0 amide bonds. The van der Waals surface area contributed by atoms with Crippen LogP contribution in [0, 0.1) is 12.7 Å². The molecule has 1 aromatic carbocycles. The van der Waals surface area contributed by atoms with Gasteiger partial charge in [-0.05, 0) is 19.1 Å². The van der Waals surface area contributed by atoms with E-state index in [1.54, 1.807) is 6.07 Å². The third kappa shape index (κ3) is 3.03. The highest BCUT2D eigenvalue weighted by atomic mass is 35.5. The van der Waals surface area contributed by atoms with E-state index in [4.69, 9.17) is 11.6 Å². The van der Waals surface area contributed by atoms with E-state index in [-0.39, 0.29) is 5.56 Å². The summed E-state index contributed by atoms with van der Waals surface area (Å²) in [6, 6.07) is 4.27. The van der Waals surface area contributed by atoms with Crippen molar-refractivity contribution >= 4 is 22.9 Å². The van der Waals surface area contributed by atoms with Crippen LogP contribution in [-0.2, 0) is 6.42 Å². The van der Waals surface area contributed by atoms with E-state index in [1.165, 1.54) is 23.5 Å². The number of hydrogen-bond acceptors (Lipinski definition) is 3. The van der Waals surface area contributed by atoms with Crippen molar-refractivity contribution in [3.63, 3.8) is 0 Å². The average molecular weight is 272 g/mol. The molecule has 0 aliphatic heterocycles. The number of aromatic nitrogens is 1. The summed E-state index contributed by atoms with van der Waals surface area (Å²) in [4.78, 5) is 4.23. The number of halogens is 2. The molecule has 0 radical (unpaired) electrons. The molecule has 2 rings (SSSR count). The second kappa shape index (κ2) is 5.12. The lowest BCUT2D eigenvalue weighted by atomic mass is 10.1. The summed E-state index contributed by atoms with van der Waals surface area (Å²) in [6.45, 7) is 1.88. The molecule has 0 aliphatic rings. The minimum absolute atomic E-state index is 0.252. The van der Waals surface area contributed by atoms with Gasteiger partial charge in [0.15, 0.2) is 0 Å². The zero-order chi connectivity index (χ0) is 12.4. The first-order valence-corrected chi connectivity index (χ1v) is 6.36. The molecule has 2 nitrogen and oxygen atoms in total. The molecule has 0 saturated carbocycles. The summed E-state index contributed by atoms with van der Waals surface area (Å²) in [5.74, 6) is -0.488. The van der Waals surface area contributed by atoms with Gasteiger partial charge in [0.1, 0.15) is 5.82 Å². The van der Waals surface area contributed by atoms with Crippen LogP contribution in [0.1, 0.15) is 22.4 Å². The highest BCUT2D eigenvalue weighted by molar-refractivity contribution is 7.09. The van der Waals surface area contributed by atoms with E-state index in [1.807, 2.05) is 12.3 Å². The van der Waals surface area contributed by atoms with Crippen LogP contribution in [-0.4, -0.2) is 10.1 Å². The molecule has 2 aromatic rings. The van der Waals surface area contributed by atoms with E-state index in [2.05, 4.69) is 4.98 Å². The Labute approximate surface area is 108 Å². The van der Waals surface area contributed by atoms with Crippen LogP contribution in [0.4, 0.5) is 4.39 Å². The fraction of sp³-hybridized carbons (Fsp3) is 0.250. The summed E-state index contributed by atoms with van der Waals surface area (Å²) in [5, 5.41) is 13.0. The van der Waals surface area contributed by atoms with Gasteiger partial charge in [0.2, 0.25) is 0 Å². The van der Waals surface area contributed by atoms with Crippen LogP contribution in [0.2, 0.25) is 5.02 Å². The van der Waals surface area contributed by atoms with E-state index in [9.17, 15) is 9.50 Å². The quantitative estimate of drug-likeness (QED) is 0.927. The average Bonchev–Trinajstić information content (AvgIpc) is 2.63. The molecule has 17 heavy (non-hydrogen) atoms. The van der Waals surface area contributed by atoms with Gasteiger partial charge >= 0.3 is 0 Å². The highest BCUT2D eigenvalue weighted by Gasteiger charge is 2.15. The van der Waals surface area contributed by atoms with Gasteiger partial charge in [-0.1, -0.05) is 17.7 Å². The topological polar surface area (TPSA) is 33.1 Å². The van der Waals surface area contributed by atoms with Crippen molar-refractivity contribution < 1.29 is 9.50 Å². The van der Waals surface area contributed by atoms with E-state index in [0.717, 1.165) is 10.7 Å². The molecule has 5 heteroatoms. The first kappa shape index (κ1) is 12.5. The van der Waals surface area contributed by atoms with Crippen LogP contribution in [0.25, 0.3) is 0 Å². The van der Waals surface area contributed by atoms with Gasteiger partial charge in [0, 0.05) is 28.1 Å². The van der Waals surface area contributed by atoms with Crippen LogP contribution in [0.3, 0.4) is 0 Å². The molecule has 90 valence electrons. The third-order valence-corrected chi connectivity index (χ3v) is 3.58. The van der Waals surface area contributed by atoms with Gasteiger partial charge in [-0.25, -0.2) is 9.37 Å². The summed E-state index contributed by atoms with van der Waals surface area (Å²) < 4.78 is 13.5. The number of aryl methyl sites for hydroxylation is 1. The summed E-state index contributed by atoms with van der Waals surface area (Å²) in [5.41, 5.74) is 1.16. The summed E-state index contributed by atoms with van der Waals surface area (Å²) >= 11 is 7.12. The molecule has 0 spiro atoms. The van der Waals surface area contributed by atoms with Crippen molar-refractivity contribution in [3.8, 4) is 0 Å². The van der Waals surface area contributed by atoms with Crippen LogP contribution >= 0.6 is 22.9 Å². The van der Waals surface area contributed by atoms with Crippen molar-refractivity contribution in [2.24, 2.45) is 0 Å². The Hall–Kier alpha value is -0.970. The predicted molar refractivity (Wildman–Crippen MR) is 66.9 cm³/mol. The van der Waals surface area contributed by atoms with E-state index in [0.29, 0.717) is 11.4 Å². The molecule has 1 heterocycles. The maximum absolute atomic E-state index is 13.5. The van der Waals surface area contributed by atoms with Gasteiger partial charge in [0.05, 0.1) is 11.1 Å². The third-order valence-electron chi connectivity index (χ3n) is 2.36. The molecular weight excluding hydrogens is 261 g/mol. The zero-order valence-electron chi connectivity index (χ0n) is 9.15. The van der Waals surface area contributed by atoms with Crippen molar-refractivity contribution in [2.75, 3.05) is 0 Å². The normalized spacial score (nSPS) is 12.7. The monoisotopic (exact) mass is 271 g/mol. The molecule has 0 aliphatic carbocycles. The fourth-order valence-corrected chi connectivity index (χ4v) is 2.51. The minimum Gasteiger partial charge on any atom is -0.388 e. The first-order chi connectivity index (χ1) is 8.06. The standard InChI is InChI=1S/C12H11ClFNOS/c1-7-6-17-12(15-7)5-11(16)9-3-2-8(13)4-10(9)14/h2-4,6,11,16H,5H2,1H3. The maximum atomic E-state index is 13.5. The van der Waals surface area contributed by atoms with Gasteiger partial charge in [-0.3, -0.25) is 0 Å². The van der Waals surface area contributed by atoms with Gasteiger partial charge in [-0.2, -0.15) is 0 Å². The molecule has 0 fully saturated rings. The largest absolute Gasteiger partial charge is 0.388 e. The Morgan fingerprint density at radius 2 is 2.29 bits per heavy atom. The highest BCUT2D eigenvalue weighted by Crippen LogP contribution is 2.24. The molecule has 0 bridgehead atoms. The molecule has 1 aromatic heterocycles. The van der Waals surface area contributed by atoms with E-state index < -0.39 is 11.9 Å². The zero-order valence-corrected chi connectivity index (χ0v) is 10.7. The molecule has 1 unspecified atom stereocenters. The number of nitrogens with zero attached hydrogens (tertiary/aromatic N) is 1. The van der Waals surface area contributed by atoms with Gasteiger partial charge < -0.3 is 5.11 Å². The molecule has 1 N–H and O–H groups in total. The number of benzene rings is 1. The predicted octanol–water partition coefficient (Wildman–Crippen LogP) is 3.52. The van der Waals surface area contributed by atoms with Crippen molar-refractivity contribution in [1.82, 2.24) is 4.98 Å². The van der Waals surface area contributed by atoms with Gasteiger partial charge in [-0.15, -0.1) is 11.3 Å².